The molecule has 1 fully saturated rings. The summed E-state index contributed by atoms with van der Waals surface area (Å²) in [6.45, 7) is 3.68. The van der Waals surface area contributed by atoms with E-state index in [4.69, 9.17) is 11.6 Å². The number of hydrogen-bond donors (Lipinski definition) is 0. The Hall–Kier alpha value is -1.61. The lowest BCUT2D eigenvalue weighted by Crippen LogP contribution is -2.42. The Labute approximate surface area is 110 Å². The third-order valence-corrected chi connectivity index (χ3v) is 3.75. The number of pyridine rings is 1. The van der Waals surface area contributed by atoms with Gasteiger partial charge in [0.1, 0.15) is 5.15 Å². The molecule has 3 nitrogen and oxygen atoms in total. The van der Waals surface area contributed by atoms with Gasteiger partial charge in [0, 0.05) is 30.1 Å². The fraction of sp³-hybridized carbons (Fsp3) is 0.286. The van der Waals surface area contributed by atoms with Gasteiger partial charge in [-0.1, -0.05) is 29.8 Å². The Bertz CT molecular complexity index is 635. The molecule has 0 saturated carbocycles. The Morgan fingerprint density at radius 2 is 2.17 bits per heavy atom. The highest BCUT2D eigenvalue weighted by Gasteiger charge is 2.24. The molecule has 1 aromatic carbocycles. The predicted molar refractivity (Wildman–Crippen MR) is 72.0 cm³/mol. The van der Waals surface area contributed by atoms with Crippen LogP contribution in [-0.2, 0) is 0 Å². The van der Waals surface area contributed by atoms with Crippen molar-refractivity contribution in [2.75, 3.05) is 13.1 Å². The number of aryl methyl sites for hydroxylation is 1. The first-order valence-electron chi connectivity index (χ1n) is 6.01. The van der Waals surface area contributed by atoms with Crippen LogP contribution in [0.3, 0.4) is 0 Å². The monoisotopic (exact) mass is 260 g/mol. The maximum Gasteiger partial charge on any atom is 0.256 e. The van der Waals surface area contributed by atoms with Crippen molar-refractivity contribution in [3.63, 3.8) is 0 Å². The molecule has 0 aliphatic carbocycles. The zero-order chi connectivity index (χ0) is 12.7. The number of aromatic nitrogens is 1. The number of carbonyl (C=O) groups excluding carboxylic acids is 1. The van der Waals surface area contributed by atoms with Crippen LogP contribution in [0.1, 0.15) is 22.3 Å². The summed E-state index contributed by atoms with van der Waals surface area (Å²) in [5.41, 5.74) is 1.72. The van der Waals surface area contributed by atoms with Crippen LogP contribution in [0.25, 0.3) is 10.8 Å². The largest absolute Gasteiger partial charge is 0.338 e. The molecule has 1 aliphatic heterocycles. The minimum Gasteiger partial charge on any atom is -0.338 e. The fourth-order valence-electron chi connectivity index (χ4n) is 2.30. The van der Waals surface area contributed by atoms with Crippen molar-refractivity contribution >= 4 is 28.3 Å². The summed E-state index contributed by atoms with van der Waals surface area (Å²) >= 11 is 6.10. The molecular formula is C14H13ClN2O. The van der Waals surface area contributed by atoms with Crippen molar-refractivity contribution in [1.29, 1.82) is 0 Å². The Balaban J connectivity index is 2.23. The number of benzene rings is 1. The molecule has 1 saturated heterocycles. The molecule has 0 spiro atoms. The van der Waals surface area contributed by atoms with Crippen LogP contribution in [0.15, 0.2) is 24.4 Å². The lowest BCUT2D eigenvalue weighted by atomic mass is 10.0. The molecule has 1 amide bonds. The molecule has 18 heavy (non-hydrogen) atoms. The van der Waals surface area contributed by atoms with E-state index in [1.165, 1.54) is 0 Å². The summed E-state index contributed by atoms with van der Waals surface area (Å²) in [7, 11) is 0. The van der Waals surface area contributed by atoms with Crippen LogP contribution in [-0.4, -0.2) is 28.9 Å². The standard InChI is InChI=1S/C14H13ClN2O/c1-9-4-2-5-10-12(9)11(8-16-13(10)15)14(18)17-6-3-7-17/h2,4-5,8H,3,6-7H2,1H3. The van der Waals surface area contributed by atoms with Gasteiger partial charge in [0.2, 0.25) is 0 Å². The number of likely N-dealkylation sites (tertiary alicyclic amines) is 1. The van der Waals surface area contributed by atoms with Crippen LogP contribution < -0.4 is 0 Å². The van der Waals surface area contributed by atoms with Crippen LogP contribution in [0.4, 0.5) is 0 Å². The van der Waals surface area contributed by atoms with Crippen molar-refractivity contribution in [2.24, 2.45) is 0 Å². The molecule has 92 valence electrons. The Morgan fingerprint density at radius 1 is 1.39 bits per heavy atom. The van der Waals surface area contributed by atoms with Crippen LogP contribution in [0.2, 0.25) is 5.15 Å². The van der Waals surface area contributed by atoms with Gasteiger partial charge in [-0.15, -0.1) is 0 Å². The maximum atomic E-state index is 12.3. The van der Waals surface area contributed by atoms with Gasteiger partial charge in [-0.25, -0.2) is 4.98 Å². The molecule has 1 aromatic heterocycles. The molecule has 2 aromatic rings. The van der Waals surface area contributed by atoms with E-state index in [0.717, 1.165) is 35.8 Å². The lowest BCUT2D eigenvalue weighted by Gasteiger charge is -2.31. The zero-order valence-electron chi connectivity index (χ0n) is 10.1. The molecule has 0 N–H and O–H groups in total. The normalized spacial score (nSPS) is 14.7. The molecule has 0 atom stereocenters. The van der Waals surface area contributed by atoms with E-state index in [0.29, 0.717) is 10.7 Å². The molecule has 0 radical (unpaired) electrons. The van der Waals surface area contributed by atoms with E-state index in [1.54, 1.807) is 6.20 Å². The van der Waals surface area contributed by atoms with Crippen molar-refractivity contribution in [3.8, 4) is 0 Å². The van der Waals surface area contributed by atoms with Crippen molar-refractivity contribution in [1.82, 2.24) is 9.88 Å². The topological polar surface area (TPSA) is 33.2 Å². The highest BCUT2D eigenvalue weighted by Crippen LogP contribution is 2.28. The summed E-state index contributed by atoms with van der Waals surface area (Å²) in [5, 5.41) is 2.23. The molecule has 0 bridgehead atoms. The first kappa shape index (κ1) is 11.5. The van der Waals surface area contributed by atoms with Crippen LogP contribution >= 0.6 is 11.6 Å². The summed E-state index contributed by atoms with van der Waals surface area (Å²) in [6, 6.07) is 5.83. The van der Waals surface area contributed by atoms with Crippen LogP contribution in [0.5, 0.6) is 0 Å². The van der Waals surface area contributed by atoms with Gasteiger partial charge >= 0.3 is 0 Å². The third-order valence-electron chi connectivity index (χ3n) is 3.45. The van der Waals surface area contributed by atoms with E-state index in [-0.39, 0.29) is 5.91 Å². The molecule has 1 aliphatic rings. The number of halogens is 1. The molecule has 4 heteroatoms. The average Bonchev–Trinajstić information content (AvgIpc) is 2.28. The summed E-state index contributed by atoms with van der Waals surface area (Å²) < 4.78 is 0. The molecule has 0 unspecified atom stereocenters. The van der Waals surface area contributed by atoms with E-state index in [1.807, 2.05) is 30.0 Å². The van der Waals surface area contributed by atoms with E-state index in [9.17, 15) is 4.79 Å². The summed E-state index contributed by atoms with van der Waals surface area (Å²) in [6.07, 6.45) is 2.68. The van der Waals surface area contributed by atoms with E-state index in [2.05, 4.69) is 4.98 Å². The second kappa shape index (κ2) is 4.25. The minimum atomic E-state index is 0.0599. The van der Waals surface area contributed by atoms with Gasteiger partial charge < -0.3 is 4.90 Å². The van der Waals surface area contributed by atoms with Crippen molar-refractivity contribution in [3.05, 3.63) is 40.7 Å². The number of rotatable bonds is 1. The lowest BCUT2D eigenvalue weighted by molar-refractivity contribution is 0.0653. The summed E-state index contributed by atoms with van der Waals surface area (Å²) in [4.78, 5) is 18.3. The fourth-order valence-corrected chi connectivity index (χ4v) is 2.51. The van der Waals surface area contributed by atoms with Gasteiger partial charge in [-0.05, 0) is 18.9 Å². The quantitative estimate of drug-likeness (QED) is 0.739. The first-order chi connectivity index (χ1) is 8.68. The number of hydrogen-bond acceptors (Lipinski definition) is 2. The Morgan fingerprint density at radius 3 is 2.83 bits per heavy atom. The van der Waals surface area contributed by atoms with Crippen LogP contribution in [0, 0.1) is 6.92 Å². The Kier molecular flexibility index (Phi) is 2.71. The smallest absolute Gasteiger partial charge is 0.256 e. The zero-order valence-corrected chi connectivity index (χ0v) is 10.9. The van der Waals surface area contributed by atoms with E-state index < -0.39 is 0 Å². The summed E-state index contributed by atoms with van der Waals surface area (Å²) in [5.74, 6) is 0.0599. The highest BCUT2D eigenvalue weighted by atomic mass is 35.5. The van der Waals surface area contributed by atoms with Gasteiger partial charge in [0.15, 0.2) is 0 Å². The second-order valence-electron chi connectivity index (χ2n) is 4.61. The minimum absolute atomic E-state index is 0.0599. The van der Waals surface area contributed by atoms with Crippen molar-refractivity contribution in [2.45, 2.75) is 13.3 Å². The molecular weight excluding hydrogens is 248 g/mol. The first-order valence-corrected chi connectivity index (χ1v) is 6.39. The van der Waals surface area contributed by atoms with Gasteiger partial charge in [0.05, 0.1) is 5.56 Å². The second-order valence-corrected chi connectivity index (χ2v) is 4.96. The molecule has 2 heterocycles. The average molecular weight is 261 g/mol. The number of amides is 1. The number of nitrogens with zero attached hydrogens (tertiary/aromatic N) is 2. The molecule has 3 rings (SSSR count). The number of carbonyl (C=O) groups is 1. The maximum absolute atomic E-state index is 12.3. The SMILES string of the molecule is Cc1cccc2c(Cl)ncc(C(=O)N3CCC3)c12. The van der Waals surface area contributed by atoms with Gasteiger partial charge in [-0.3, -0.25) is 4.79 Å². The van der Waals surface area contributed by atoms with Crippen molar-refractivity contribution < 1.29 is 4.79 Å². The van der Waals surface area contributed by atoms with Gasteiger partial charge in [0.25, 0.3) is 5.91 Å². The van der Waals surface area contributed by atoms with Gasteiger partial charge in [-0.2, -0.15) is 0 Å². The predicted octanol–water partition coefficient (Wildman–Crippen LogP) is 3.04. The van der Waals surface area contributed by atoms with E-state index >= 15 is 0 Å². The highest BCUT2D eigenvalue weighted by molar-refractivity contribution is 6.35. The third kappa shape index (κ3) is 1.66. The number of fused-ring (bicyclic) bond motifs is 1.